The van der Waals surface area contributed by atoms with Gasteiger partial charge in [-0.3, -0.25) is 4.79 Å². The van der Waals surface area contributed by atoms with Crippen molar-refractivity contribution in [3.63, 3.8) is 0 Å². The molecule has 0 aromatic carbocycles. The molecule has 1 rings (SSSR count). The first-order valence-electron chi connectivity index (χ1n) is 4.00. The maximum Gasteiger partial charge on any atom is 0.310 e. The molecular weight excluding hydrogens is 194 g/mol. The molecule has 0 radical (unpaired) electrons. The van der Waals surface area contributed by atoms with Gasteiger partial charge in [-0.25, -0.2) is 8.42 Å². The molecule has 2 atom stereocenters. The van der Waals surface area contributed by atoms with E-state index in [1.807, 2.05) is 0 Å². The summed E-state index contributed by atoms with van der Waals surface area (Å²) in [5, 5.41) is 0. The molecule has 2 N–H and O–H groups in total. The molecule has 1 aliphatic rings. The molecule has 0 spiro atoms. The summed E-state index contributed by atoms with van der Waals surface area (Å²) in [5.74, 6) is -0.969. The van der Waals surface area contributed by atoms with Crippen LogP contribution in [0.25, 0.3) is 0 Å². The van der Waals surface area contributed by atoms with Crippen LogP contribution in [0, 0.1) is 5.92 Å². The molecule has 0 unspecified atom stereocenters. The Kier molecular flexibility index (Phi) is 2.92. The summed E-state index contributed by atoms with van der Waals surface area (Å²) in [5.41, 5.74) is 5.55. The van der Waals surface area contributed by atoms with Gasteiger partial charge in [-0.1, -0.05) is 0 Å². The minimum Gasteiger partial charge on any atom is -0.469 e. The lowest BCUT2D eigenvalue weighted by Crippen LogP contribution is -2.46. The third-order valence-electron chi connectivity index (χ3n) is 2.21. The van der Waals surface area contributed by atoms with Crippen LogP contribution in [-0.4, -0.2) is 39.0 Å². The Bertz CT molecular complexity index is 298. The van der Waals surface area contributed by atoms with E-state index in [1.54, 1.807) is 0 Å². The molecule has 0 aromatic rings. The molecule has 0 aromatic heterocycles. The lowest BCUT2D eigenvalue weighted by Gasteiger charge is -2.25. The summed E-state index contributed by atoms with van der Waals surface area (Å²) >= 11 is 0. The van der Waals surface area contributed by atoms with E-state index in [1.165, 1.54) is 7.11 Å². The largest absolute Gasteiger partial charge is 0.469 e. The number of nitrogens with two attached hydrogens (primary N) is 1. The molecule has 1 heterocycles. The Labute approximate surface area is 77.2 Å². The number of hydrogen-bond acceptors (Lipinski definition) is 5. The third kappa shape index (κ3) is 2.41. The van der Waals surface area contributed by atoms with Crippen LogP contribution < -0.4 is 5.73 Å². The van der Waals surface area contributed by atoms with Crippen molar-refractivity contribution in [3.8, 4) is 0 Å². The van der Waals surface area contributed by atoms with Gasteiger partial charge in [0.2, 0.25) is 0 Å². The van der Waals surface area contributed by atoms with E-state index in [2.05, 4.69) is 4.74 Å². The summed E-state index contributed by atoms with van der Waals surface area (Å²) in [6.07, 6.45) is 0.274. The van der Waals surface area contributed by atoms with Crippen molar-refractivity contribution in [1.29, 1.82) is 0 Å². The zero-order chi connectivity index (χ0) is 10.1. The highest BCUT2D eigenvalue weighted by atomic mass is 32.2. The maximum absolute atomic E-state index is 11.1. The maximum atomic E-state index is 11.1. The van der Waals surface area contributed by atoms with Crippen LogP contribution in [0.4, 0.5) is 0 Å². The van der Waals surface area contributed by atoms with Gasteiger partial charge in [0, 0.05) is 6.04 Å². The van der Waals surface area contributed by atoms with Gasteiger partial charge in [-0.05, 0) is 6.42 Å². The van der Waals surface area contributed by atoms with E-state index in [0.29, 0.717) is 0 Å². The van der Waals surface area contributed by atoms with E-state index in [4.69, 9.17) is 5.73 Å². The van der Waals surface area contributed by atoms with Crippen molar-refractivity contribution in [2.45, 2.75) is 12.5 Å². The van der Waals surface area contributed by atoms with E-state index >= 15 is 0 Å². The minimum atomic E-state index is -3.04. The predicted molar refractivity (Wildman–Crippen MR) is 46.8 cm³/mol. The number of methoxy groups -OCH3 is 1. The Morgan fingerprint density at radius 2 is 2.15 bits per heavy atom. The van der Waals surface area contributed by atoms with Crippen molar-refractivity contribution >= 4 is 15.8 Å². The molecule has 0 bridgehead atoms. The van der Waals surface area contributed by atoms with Crippen molar-refractivity contribution in [2.75, 3.05) is 18.6 Å². The van der Waals surface area contributed by atoms with Crippen molar-refractivity contribution in [2.24, 2.45) is 11.7 Å². The minimum absolute atomic E-state index is 0.0282. The van der Waals surface area contributed by atoms with Crippen LogP contribution in [0.15, 0.2) is 0 Å². The Hall–Kier alpha value is -0.620. The normalized spacial score (nSPS) is 32.5. The van der Waals surface area contributed by atoms with Gasteiger partial charge < -0.3 is 10.5 Å². The number of hydrogen-bond donors (Lipinski definition) is 1. The molecule has 1 fully saturated rings. The smallest absolute Gasteiger partial charge is 0.310 e. The second kappa shape index (κ2) is 3.63. The highest BCUT2D eigenvalue weighted by Crippen LogP contribution is 2.19. The highest BCUT2D eigenvalue weighted by molar-refractivity contribution is 7.91. The monoisotopic (exact) mass is 207 g/mol. The highest BCUT2D eigenvalue weighted by Gasteiger charge is 2.35. The third-order valence-corrected chi connectivity index (χ3v) is 3.96. The fraction of sp³-hybridized carbons (Fsp3) is 0.857. The predicted octanol–water partition coefficient (Wildman–Crippen LogP) is -1.08. The van der Waals surface area contributed by atoms with E-state index in [0.717, 1.165) is 0 Å². The Morgan fingerprint density at radius 1 is 1.54 bits per heavy atom. The molecule has 0 saturated carbocycles. The quantitative estimate of drug-likeness (QED) is 0.553. The Balaban J connectivity index is 2.69. The van der Waals surface area contributed by atoms with Crippen LogP contribution in [0.3, 0.4) is 0 Å². The molecule has 5 nitrogen and oxygen atoms in total. The topological polar surface area (TPSA) is 86.5 Å². The molecule has 1 aliphatic heterocycles. The summed E-state index contributed by atoms with van der Waals surface area (Å²) < 4.78 is 26.7. The SMILES string of the molecule is COC(=O)[C@H]1CCS(=O)(=O)C[C@H]1N. The first-order chi connectivity index (χ1) is 5.96. The van der Waals surface area contributed by atoms with Gasteiger partial charge in [-0.15, -0.1) is 0 Å². The second-order valence-electron chi connectivity index (χ2n) is 3.20. The number of carbonyl (C=O) groups excluding carboxylic acids is 1. The summed E-state index contributed by atoms with van der Waals surface area (Å²) in [7, 11) is -1.76. The standard InChI is InChI=1S/C7H13NO4S/c1-12-7(9)5-2-3-13(10,11)4-6(5)8/h5-6H,2-4,8H2,1H3/t5-,6+/m0/s1. The van der Waals surface area contributed by atoms with E-state index < -0.39 is 27.8 Å². The second-order valence-corrected chi connectivity index (χ2v) is 5.43. The molecule has 1 saturated heterocycles. The first kappa shape index (κ1) is 10.5. The fourth-order valence-corrected chi connectivity index (χ4v) is 3.06. The molecule has 0 amide bonds. The summed E-state index contributed by atoms with van der Waals surface area (Å²) in [6, 6.07) is -0.619. The number of rotatable bonds is 1. The lowest BCUT2D eigenvalue weighted by atomic mass is 9.99. The number of sulfone groups is 1. The summed E-state index contributed by atoms with van der Waals surface area (Å²) in [6.45, 7) is 0. The molecule has 76 valence electrons. The summed E-state index contributed by atoms with van der Waals surface area (Å²) in [4.78, 5) is 11.1. The number of carbonyl (C=O) groups is 1. The zero-order valence-corrected chi connectivity index (χ0v) is 8.21. The number of esters is 1. The fourth-order valence-electron chi connectivity index (χ4n) is 1.46. The van der Waals surface area contributed by atoms with E-state index in [-0.39, 0.29) is 17.9 Å². The first-order valence-corrected chi connectivity index (χ1v) is 5.82. The average molecular weight is 207 g/mol. The van der Waals surface area contributed by atoms with Crippen LogP contribution in [-0.2, 0) is 19.4 Å². The van der Waals surface area contributed by atoms with Gasteiger partial charge in [0.25, 0.3) is 0 Å². The van der Waals surface area contributed by atoms with Crippen molar-refractivity contribution < 1.29 is 17.9 Å². The van der Waals surface area contributed by atoms with Gasteiger partial charge in [0.1, 0.15) is 0 Å². The zero-order valence-electron chi connectivity index (χ0n) is 7.39. The van der Waals surface area contributed by atoms with Gasteiger partial charge in [0.05, 0.1) is 24.5 Å². The Morgan fingerprint density at radius 3 is 2.62 bits per heavy atom. The molecule has 0 aliphatic carbocycles. The number of ether oxygens (including phenoxy) is 1. The van der Waals surface area contributed by atoms with Gasteiger partial charge in [-0.2, -0.15) is 0 Å². The molecule has 6 heteroatoms. The molecular formula is C7H13NO4S. The van der Waals surface area contributed by atoms with Crippen LogP contribution in [0.1, 0.15) is 6.42 Å². The molecule has 13 heavy (non-hydrogen) atoms. The van der Waals surface area contributed by atoms with Gasteiger partial charge >= 0.3 is 5.97 Å². The average Bonchev–Trinajstić information content (AvgIpc) is 2.01. The van der Waals surface area contributed by atoms with Crippen LogP contribution >= 0.6 is 0 Å². The lowest BCUT2D eigenvalue weighted by molar-refractivity contribution is -0.146. The van der Waals surface area contributed by atoms with Crippen LogP contribution in [0.5, 0.6) is 0 Å². The van der Waals surface area contributed by atoms with E-state index in [9.17, 15) is 13.2 Å². The van der Waals surface area contributed by atoms with Gasteiger partial charge in [0.15, 0.2) is 9.84 Å². The van der Waals surface area contributed by atoms with Crippen molar-refractivity contribution in [1.82, 2.24) is 0 Å². The van der Waals surface area contributed by atoms with Crippen LogP contribution in [0.2, 0.25) is 0 Å². The van der Waals surface area contributed by atoms with Crippen molar-refractivity contribution in [3.05, 3.63) is 0 Å².